The second-order valence-electron chi connectivity index (χ2n) is 6.47. The van der Waals surface area contributed by atoms with Crippen molar-refractivity contribution >= 4 is 16.8 Å². The van der Waals surface area contributed by atoms with Crippen molar-refractivity contribution in [3.05, 3.63) is 53.7 Å². The van der Waals surface area contributed by atoms with Crippen LogP contribution in [0, 0.1) is 0 Å². The zero-order chi connectivity index (χ0) is 21.0. The predicted molar refractivity (Wildman–Crippen MR) is 91.4 cm³/mol. The van der Waals surface area contributed by atoms with Gasteiger partial charge in [-0.3, -0.25) is 4.79 Å². The maximum Gasteiger partial charge on any atom is 0.573 e. The fraction of sp³-hybridized carbons (Fsp3) is 0.211. The van der Waals surface area contributed by atoms with E-state index in [9.17, 15) is 31.1 Å². The largest absolute Gasteiger partial charge is 0.573 e. The summed E-state index contributed by atoms with van der Waals surface area (Å²) < 4.78 is 82.4. The highest BCUT2D eigenvalue weighted by Crippen LogP contribution is 2.38. The number of carbonyl (C=O) groups is 1. The topological polar surface area (TPSA) is 43.3 Å². The Morgan fingerprint density at radius 3 is 2.28 bits per heavy atom. The number of benzene rings is 2. The molecule has 0 bridgehead atoms. The predicted octanol–water partition coefficient (Wildman–Crippen LogP) is 4.97. The average molecular weight is 414 g/mol. The molecule has 2 heterocycles. The summed E-state index contributed by atoms with van der Waals surface area (Å²) in [6, 6.07) is 7.75. The molecule has 29 heavy (non-hydrogen) atoms. The number of alkyl halides is 6. The molecule has 0 atom stereocenters. The highest BCUT2D eigenvalue weighted by atomic mass is 19.4. The number of ether oxygens (including phenoxy) is 1. The summed E-state index contributed by atoms with van der Waals surface area (Å²) in [5, 5.41) is 2.95. The molecule has 10 heteroatoms. The number of carbonyl (C=O) groups excluding carboxylic acids is 1. The fourth-order valence-electron chi connectivity index (χ4n) is 3.43. The molecule has 4 nitrogen and oxygen atoms in total. The van der Waals surface area contributed by atoms with Crippen LogP contribution in [0.1, 0.15) is 16.1 Å². The molecule has 1 aromatic heterocycles. The van der Waals surface area contributed by atoms with Crippen LogP contribution in [0.25, 0.3) is 22.0 Å². The average Bonchev–Trinajstić information content (AvgIpc) is 2.99. The molecule has 0 unspecified atom stereocenters. The number of aromatic nitrogens is 1. The first-order valence-corrected chi connectivity index (χ1v) is 8.42. The molecule has 3 aromatic rings. The molecule has 4 rings (SSSR count). The summed E-state index contributed by atoms with van der Waals surface area (Å²) >= 11 is 0. The van der Waals surface area contributed by atoms with Crippen LogP contribution in [0.2, 0.25) is 0 Å². The minimum Gasteiger partial charge on any atom is -0.406 e. The lowest BCUT2D eigenvalue weighted by Gasteiger charge is -2.19. The van der Waals surface area contributed by atoms with Crippen LogP contribution in [-0.4, -0.2) is 23.4 Å². The van der Waals surface area contributed by atoms with E-state index in [1.807, 2.05) is 0 Å². The van der Waals surface area contributed by atoms with Crippen molar-refractivity contribution in [1.82, 2.24) is 9.88 Å². The Hall–Kier alpha value is -3.17. The Morgan fingerprint density at radius 2 is 1.66 bits per heavy atom. The van der Waals surface area contributed by atoms with E-state index in [0.717, 1.165) is 24.3 Å². The Bertz CT molecular complexity index is 1100. The second-order valence-corrected chi connectivity index (χ2v) is 6.47. The van der Waals surface area contributed by atoms with E-state index < -0.39 is 23.9 Å². The standard InChI is InChI=1S/C19H12F6N2O2/c20-18(21,22)12-3-1-10(2-4-12)14-9-13(29-19(23,24)25)7-11-8-15-17(28)26-5-6-27(15)16(11)14/h1-4,7-9H,5-6H2,(H,26,28). The third-order valence-electron chi connectivity index (χ3n) is 4.58. The highest BCUT2D eigenvalue weighted by molar-refractivity contribution is 6.04. The first-order valence-electron chi connectivity index (χ1n) is 8.42. The monoisotopic (exact) mass is 414 g/mol. The smallest absolute Gasteiger partial charge is 0.406 e. The van der Waals surface area contributed by atoms with Gasteiger partial charge in [-0.05, 0) is 35.9 Å². The summed E-state index contributed by atoms with van der Waals surface area (Å²) in [6.07, 6.45) is -9.48. The lowest BCUT2D eigenvalue weighted by atomic mass is 10.0. The number of nitrogens with one attached hydrogen (secondary N) is 1. The van der Waals surface area contributed by atoms with E-state index in [2.05, 4.69) is 10.1 Å². The molecule has 1 aliphatic heterocycles. The molecular formula is C19H12F6N2O2. The maximum absolute atomic E-state index is 12.8. The van der Waals surface area contributed by atoms with Crippen LogP contribution in [0.3, 0.4) is 0 Å². The first-order chi connectivity index (χ1) is 13.5. The zero-order valence-electron chi connectivity index (χ0n) is 14.5. The first kappa shape index (κ1) is 19.2. The van der Waals surface area contributed by atoms with Crippen LogP contribution in [0.4, 0.5) is 26.3 Å². The van der Waals surface area contributed by atoms with Gasteiger partial charge in [-0.2, -0.15) is 13.2 Å². The minimum atomic E-state index is -4.94. The molecule has 0 spiro atoms. The fourth-order valence-corrected chi connectivity index (χ4v) is 3.43. The lowest BCUT2D eigenvalue weighted by Crippen LogP contribution is -2.34. The molecule has 0 saturated heterocycles. The van der Waals surface area contributed by atoms with Crippen LogP contribution in [0.5, 0.6) is 5.75 Å². The van der Waals surface area contributed by atoms with Gasteiger partial charge in [0, 0.05) is 24.0 Å². The molecule has 1 N–H and O–H groups in total. The van der Waals surface area contributed by atoms with Crippen molar-refractivity contribution in [1.29, 1.82) is 0 Å². The number of amides is 1. The van der Waals surface area contributed by atoms with Gasteiger partial charge in [-0.1, -0.05) is 12.1 Å². The van der Waals surface area contributed by atoms with Gasteiger partial charge in [-0.25, -0.2) is 0 Å². The zero-order valence-corrected chi connectivity index (χ0v) is 14.5. The molecule has 2 aromatic carbocycles. The number of halogens is 6. The lowest BCUT2D eigenvalue weighted by molar-refractivity contribution is -0.274. The van der Waals surface area contributed by atoms with Crippen LogP contribution in [-0.2, 0) is 12.7 Å². The van der Waals surface area contributed by atoms with Crippen LogP contribution >= 0.6 is 0 Å². The summed E-state index contributed by atoms with van der Waals surface area (Å²) in [7, 11) is 0. The van der Waals surface area contributed by atoms with E-state index in [1.165, 1.54) is 18.2 Å². The quantitative estimate of drug-likeness (QED) is 0.602. The van der Waals surface area contributed by atoms with E-state index in [1.54, 1.807) is 4.57 Å². The van der Waals surface area contributed by atoms with Gasteiger partial charge in [0.2, 0.25) is 0 Å². The number of hydrogen-bond acceptors (Lipinski definition) is 2. The van der Waals surface area contributed by atoms with Crippen molar-refractivity contribution in [3.63, 3.8) is 0 Å². The molecule has 1 aliphatic rings. The van der Waals surface area contributed by atoms with E-state index in [-0.39, 0.29) is 22.7 Å². The van der Waals surface area contributed by atoms with Crippen molar-refractivity contribution < 1.29 is 35.9 Å². The molecular weight excluding hydrogens is 402 g/mol. The summed E-state index contributed by atoms with van der Waals surface area (Å²) in [6.45, 7) is 0.695. The van der Waals surface area contributed by atoms with Crippen molar-refractivity contribution in [3.8, 4) is 16.9 Å². The van der Waals surface area contributed by atoms with Crippen LogP contribution < -0.4 is 10.1 Å². The van der Waals surface area contributed by atoms with Gasteiger partial charge >= 0.3 is 12.5 Å². The van der Waals surface area contributed by atoms with Gasteiger partial charge in [0.05, 0.1) is 11.1 Å². The van der Waals surface area contributed by atoms with Gasteiger partial charge < -0.3 is 14.6 Å². The SMILES string of the molecule is O=C1NCCn2c1cc1cc(OC(F)(F)F)cc(-c3ccc(C(F)(F)F)cc3)c12. The molecule has 0 fully saturated rings. The van der Waals surface area contributed by atoms with Gasteiger partial charge in [0.15, 0.2) is 0 Å². The van der Waals surface area contributed by atoms with Crippen LogP contribution in [0.15, 0.2) is 42.5 Å². The Balaban J connectivity index is 1.93. The van der Waals surface area contributed by atoms with Crippen molar-refractivity contribution in [2.24, 2.45) is 0 Å². The summed E-state index contributed by atoms with van der Waals surface area (Å²) in [4.78, 5) is 12.1. The molecule has 152 valence electrons. The number of nitrogens with zero attached hydrogens (tertiary/aromatic N) is 1. The van der Waals surface area contributed by atoms with Crippen molar-refractivity contribution in [2.45, 2.75) is 19.1 Å². The van der Waals surface area contributed by atoms with E-state index in [4.69, 9.17) is 0 Å². The Morgan fingerprint density at radius 1 is 0.966 bits per heavy atom. The van der Waals surface area contributed by atoms with E-state index >= 15 is 0 Å². The summed E-state index contributed by atoms with van der Waals surface area (Å²) in [5.41, 5.74) is 0.323. The third-order valence-corrected chi connectivity index (χ3v) is 4.58. The molecule has 0 aliphatic carbocycles. The molecule has 0 saturated carbocycles. The highest BCUT2D eigenvalue weighted by Gasteiger charge is 2.33. The number of hydrogen-bond donors (Lipinski definition) is 1. The van der Waals surface area contributed by atoms with Gasteiger partial charge in [0.25, 0.3) is 5.91 Å². The molecule has 0 radical (unpaired) electrons. The third kappa shape index (κ3) is 3.62. The van der Waals surface area contributed by atoms with Gasteiger partial charge in [-0.15, -0.1) is 13.2 Å². The maximum atomic E-state index is 12.8. The van der Waals surface area contributed by atoms with Gasteiger partial charge in [0.1, 0.15) is 11.4 Å². The van der Waals surface area contributed by atoms with E-state index in [0.29, 0.717) is 24.0 Å². The Labute approximate surface area is 159 Å². The second kappa shape index (κ2) is 6.43. The number of rotatable bonds is 2. The van der Waals surface area contributed by atoms with Crippen molar-refractivity contribution in [2.75, 3.05) is 6.54 Å². The Kier molecular flexibility index (Phi) is 4.25. The number of fused-ring (bicyclic) bond motifs is 3. The molecule has 1 amide bonds. The minimum absolute atomic E-state index is 0.233. The normalized spacial score (nSPS) is 14.6. The summed E-state index contributed by atoms with van der Waals surface area (Å²) in [5.74, 6) is -0.910.